The van der Waals surface area contributed by atoms with Crippen LogP contribution in [0.3, 0.4) is 0 Å². The molecular weight excluding hydrogens is 880 g/mol. The number of H-pyrrole nitrogens is 2. The Morgan fingerprint density at radius 3 is 0.930 bits per heavy atom. The van der Waals surface area contributed by atoms with Crippen LogP contribution in [-0.2, 0) is 57.5 Å². The van der Waals surface area contributed by atoms with E-state index < -0.39 is 82.1 Å². The van der Waals surface area contributed by atoms with Crippen LogP contribution in [0.5, 0.6) is 0 Å². The molecule has 1 radical (unpaired) electrons. The van der Waals surface area contributed by atoms with Crippen LogP contribution in [0.1, 0.15) is 0 Å². The summed E-state index contributed by atoms with van der Waals surface area (Å²) in [5.41, 5.74) is 0.187. The first-order chi connectivity index (χ1) is 26.3. The van der Waals surface area contributed by atoms with Gasteiger partial charge in [0.15, 0.2) is 23.3 Å². The smallest absolute Gasteiger partial charge is 0.297 e. The van der Waals surface area contributed by atoms with E-state index in [2.05, 4.69) is 29.9 Å². The van der Waals surface area contributed by atoms with Crippen molar-refractivity contribution >= 4 is 84.6 Å². The molecule has 0 amide bonds. The normalized spacial score (nSPS) is 13.0. The fraction of sp³-hybridized carbons (Fsp3) is 0. The van der Waals surface area contributed by atoms with Crippen molar-refractivity contribution < 1.29 is 69.0 Å². The van der Waals surface area contributed by atoms with E-state index in [0.29, 0.717) is 33.2 Å². The number of aromatic nitrogens is 8. The molecule has 0 atom stereocenters. The molecule has 7 aromatic rings. The zero-order valence-corrected chi connectivity index (χ0v) is 31.8. The van der Waals surface area contributed by atoms with Gasteiger partial charge in [-0.15, -0.1) is 0 Å². The number of benzene rings is 4. The molecule has 2 aliphatic rings. The number of hydrogen-bond acceptors (Lipinski definition) is 14. The van der Waals surface area contributed by atoms with Crippen LogP contribution in [0, 0.1) is 0 Å². The van der Waals surface area contributed by atoms with E-state index >= 15 is 0 Å². The fourth-order valence-electron chi connectivity index (χ4n) is 6.75. The predicted molar refractivity (Wildman–Crippen MR) is 195 cm³/mol. The third-order valence-electron chi connectivity index (χ3n) is 8.85. The molecule has 4 aromatic carbocycles. The quantitative estimate of drug-likeness (QED) is 0.108. The van der Waals surface area contributed by atoms with Crippen LogP contribution >= 0.6 is 0 Å². The fourth-order valence-corrected chi connectivity index (χ4v) is 11.7. The Labute approximate surface area is 329 Å². The van der Waals surface area contributed by atoms with Crippen molar-refractivity contribution in [3.63, 3.8) is 0 Å². The zero-order chi connectivity index (χ0) is 39.7. The molecule has 0 unspecified atom stereocenters. The van der Waals surface area contributed by atoms with Crippen molar-refractivity contribution in [2.24, 2.45) is 0 Å². The Balaban J connectivity index is 0.00000455. The van der Waals surface area contributed by atoms with Gasteiger partial charge in [0.25, 0.3) is 40.5 Å². The van der Waals surface area contributed by atoms with E-state index in [4.69, 9.17) is 9.97 Å². The third-order valence-corrected chi connectivity index (χ3v) is 12.9. The minimum atomic E-state index is -6.24. The first-order valence-corrected chi connectivity index (χ1v) is 21.3. The topological polar surface area (TPSA) is 326 Å². The number of nitrogens with one attached hydrogen (secondary N) is 2. The van der Waals surface area contributed by atoms with E-state index in [0.717, 1.165) is 0 Å². The van der Waals surface area contributed by atoms with Gasteiger partial charge in [-0.05, 0) is 0 Å². The van der Waals surface area contributed by atoms with Gasteiger partial charge in [0, 0.05) is 50.1 Å². The maximum absolute atomic E-state index is 13.2. The summed E-state index contributed by atoms with van der Waals surface area (Å²) in [6.45, 7) is 0. The van der Waals surface area contributed by atoms with Crippen LogP contribution in [0.4, 0.5) is 0 Å². The second-order valence-corrected chi connectivity index (χ2v) is 17.6. The second kappa shape index (κ2) is 12.7. The predicted octanol–water partition coefficient (Wildman–Crippen LogP) is 3.85. The van der Waals surface area contributed by atoms with E-state index in [1.54, 1.807) is 60.7 Å². The first kappa shape index (κ1) is 38.3. The summed E-state index contributed by atoms with van der Waals surface area (Å²) in [6.07, 6.45) is 0. The monoisotopic (exact) mass is 897 g/mol. The van der Waals surface area contributed by atoms with Crippen molar-refractivity contribution in [2.45, 2.75) is 19.6 Å². The Morgan fingerprint density at radius 2 is 0.632 bits per heavy atom. The molecule has 5 heterocycles. The Hall–Kier alpha value is -5.60. The Kier molecular flexibility index (Phi) is 8.53. The molecule has 0 spiro atoms. The van der Waals surface area contributed by atoms with Crippen LogP contribution in [0.2, 0.25) is 0 Å². The molecule has 25 heteroatoms. The SMILES string of the molecule is O=S(=O)(O)c1c(S(=O)(=O)O)c(S(=O)(=O)O)c2c3nc4nc(nc5[nH]c(nc6nc(nc([nH]3)c2c1S(=O)(=O)O)-c1ccccc1-6)c1ccccc51)-c1ccccc1-4.[Cu]. The number of aromatic amines is 2. The molecule has 57 heavy (non-hydrogen) atoms. The summed E-state index contributed by atoms with van der Waals surface area (Å²) in [5, 5.41) is -1.17. The van der Waals surface area contributed by atoms with Gasteiger partial charge in [-0.25, -0.2) is 29.9 Å². The van der Waals surface area contributed by atoms with Crippen LogP contribution in [-0.4, -0.2) is 91.8 Å². The molecule has 20 nitrogen and oxygen atoms in total. The van der Waals surface area contributed by atoms with E-state index in [9.17, 15) is 51.9 Å². The maximum atomic E-state index is 13.2. The summed E-state index contributed by atoms with van der Waals surface area (Å²) in [7, 11) is -24.6. The average molecular weight is 898 g/mol. The molecule has 0 saturated carbocycles. The molecule has 9 rings (SSSR count). The standard InChI is InChI=1S/C32H18N8O12S4.Cu/c41-53(42,43)21-19-20(22(54(44,45)46)24(56(50,51)52)23(21)55(47,48)49)32-39-30-18-12-6-4-10-16(18)28(37-30)35-26-14-8-2-1-7-13(14)25(33-26)34-27-15-9-3-5-11-17(15)29(36-27)38-31(19)40-32;/h1-12H,(H,41,42,43)(H,44,45,46)(H,47,48,49)(H,50,51,52)(H2,33,34,35,36,37,38,39,40);. The molecule has 0 saturated heterocycles. The van der Waals surface area contributed by atoms with Gasteiger partial charge in [0.05, 0.1) is 10.8 Å². The van der Waals surface area contributed by atoms with Gasteiger partial charge in [-0.2, -0.15) is 33.7 Å². The molecule has 0 fully saturated rings. The summed E-state index contributed by atoms with van der Waals surface area (Å²) in [4.78, 5) is 24.5. The van der Waals surface area contributed by atoms with E-state index in [1.165, 1.54) is 12.1 Å². The van der Waals surface area contributed by atoms with Crippen LogP contribution in [0.25, 0.3) is 89.7 Å². The van der Waals surface area contributed by atoms with Crippen LogP contribution in [0.15, 0.2) is 92.4 Å². The minimum absolute atomic E-state index is 0. The summed E-state index contributed by atoms with van der Waals surface area (Å²) < 4.78 is 146. The average Bonchev–Trinajstić information content (AvgIpc) is 3.84. The van der Waals surface area contributed by atoms with Crippen molar-refractivity contribution in [3.8, 4) is 45.6 Å². The molecule has 0 aliphatic carbocycles. The van der Waals surface area contributed by atoms with Gasteiger partial charge in [0.2, 0.25) is 0 Å². The van der Waals surface area contributed by atoms with E-state index in [1.807, 2.05) is 0 Å². The molecule has 2 aliphatic heterocycles. The van der Waals surface area contributed by atoms with Crippen molar-refractivity contribution in [1.29, 1.82) is 0 Å². The Morgan fingerprint density at radius 1 is 0.368 bits per heavy atom. The number of rotatable bonds is 4. The molecule has 8 bridgehead atoms. The summed E-state index contributed by atoms with van der Waals surface area (Å²) in [6, 6.07) is 19.9. The Bertz CT molecular complexity index is 3380. The molecular formula is C32H18CuN8O12S4. The third kappa shape index (κ3) is 6.08. The van der Waals surface area contributed by atoms with E-state index in [-0.39, 0.29) is 51.5 Å². The van der Waals surface area contributed by atoms with Crippen molar-refractivity contribution in [1.82, 2.24) is 39.9 Å². The van der Waals surface area contributed by atoms with Crippen LogP contribution < -0.4 is 0 Å². The molecule has 3 aromatic heterocycles. The second-order valence-electron chi connectivity index (χ2n) is 12.2. The molecule has 6 N–H and O–H groups in total. The summed E-state index contributed by atoms with van der Waals surface area (Å²) in [5.74, 6) is -0.428. The van der Waals surface area contributed by atoms with Gasteiger partial charge >= 0.3 is 0 Å². The van der Waals surface area contributed by atoms with Gasteiger partial charge in [0.1, 0.15) is 42.2 Å². The van der Waals surface area contributed by atoms with Gasteiger partial charge < -0.3 is 9.97 Å². The number of nitrogens with zero attached hydrogens (tertiary/aromatic N) is 6. The van der Waals surface area contributed by atoms with Gasteiger partial charge in [-0.1, -0.05) is 72.8 Å². The van der Waals surface area contributed by atoms with Gasteiger partial charge in [-0.3, -0.25) is 18.2 Å². The number of fused-ring (bicyclic) bond motifs is 20. The van der Waals surface area contributed by atoms with Crippen molar-refractivity contribution in [2.75, 3.05) is 0 Å². The largest absolute Gasteiger partial charge is 0.324 e. The minimum Gasteiger partial charge on any atom is -0.324 e. The number of hydrogen-bond donors (Lipinski definition) is 6. The summed E-state index contributed by atoms with van der Waals surface area (Å²) >= 11 is 0. The molecule has 293 valence electrons. The maximum Gasteiger partial charge on any atom is 0.297 e. The van der Waals surface area contributed by atoms with Crippen molar-refractivity contribution in [3.05, 3.63) is 72.8 Å². The zero-order valence-electron chi connectivity index (χ0n) is 27.6. The first-order valence-electron chi connectivity index (χ1n) is 15.5.